The third kappa shape index (κ3) is 8.63. The summed E-state index contributed by atoms with van der Waals surface area (Å²) in [6.45, 7) is 5.59. The Balaban J connectivity index is 2.27. The zero-order valence-electron chi connectivity index (χ0n) is 12.3. The predicted molar refractivity (Wildman–Crippen MR) is 78.2 cm³/mol. The topological polar surface area (TPSA) is 78.1 Å². The van der Waals surface area contributed by atoms with Crippen LogP contribution in [0.5, 0.6) is 0 Å². The van der Waals surface area contributed by atoms with Crippen molar-refractivity contribution in [2.45, 2.75) is 26.5 Å². The van der Waals surface area contributed by atoms with Crippen LogP contribution in [0.25, 0.3) is 0 Å². The number of thiazole rings is 1. The molecule has 2 atom stereocenters. The molecule has 0 saturated heterocycles. The van der Waals surface area contributed by atoms with Crippen LogP contribution in [0, 0.1) is 0 Å². The highest BCUT2D eigenvalue weighted by Gasteiger charge is 2.24. The van der Waals surface area contributed by atoms with Gasteiger partial charge in [-0.3, -0.25) is 9.05 Å². The van der Waals surface area contributed by atoms with Crippen molar-refractivity contribution in [2.24, 2.45) is 0 Å². The van der Waals surface area contributed by atoms with E-state index in [0.29, 0.717) is 26.4 Å². The first kappa shape index (κ1) is 18.7. The molecule has 1 aromatic heterocycles. The van der Waals surface area contributed by atoms with Gasteiger partial charge in [-0.05, 0) is 13.8 Å². The molecule has 0 radical (unpaired) electrons. The Morgan fingerprint density at radius 2 is 2.10 bits per heavy atom. The summed E-state index contributed by atoms with van der Waals surface area (Å²) in [4.78, 5) is 9.59. The third-order valence-corrected chi connectivity index (χ3v) is 4.12. The van der Waals surface area contributed by atoms with E-state index in [1.807, 2.05) is 35.5 Å². The van der Waals surface area contributed by atoms with Gasteiger partial charge in [0.25, 0.3) is 0 Å². The van der Waals surface area contributed by atoms with E-state index in [1.165, 1.54) is 11.3 Å². The monoisotopic (exact) mass is 340 g/mol. The van der Waals surface area contributed by atoms with Crippen LogP contribution in [0.15, 0.2) is 17.1 Å². The van der Waals surface area contributed by atoms with Crippen LogP contribution in [0.1, 0.15) is 13.8 Å². The maximum absolute atomic E-state index is 11.7. The number of hydrogen-bond acceptors (Lipinski definition) is 6. The van der Waals surface area contributed by atoms with Gasteiger partial charge in [-0.1, -0.05) is 11.3 Å². The quantitative estimate of drug-likeness (QED) is 0.460. The third-order valence-electron chi connectivity index (χ3n) is 2.46. The van der Waals surface area contributed by atoms with Gasteiger partial charge >= 0.3 is 7.82 Å². The van der Waals surface area contributed by atoms with Crippen LogP contribution in [-0.4, -0.2) is 44.0 Å². The highest BCUT2D eigenvalue weighted by atomic mass is 32.1. The number of phosphoric ester groups is 1. The number of rotatable bonds is 12. The van der Waals surface area contributed by atoms with E-state index < -0.39 is 7.82 Å². The smallest absolute Gasteiger partial charge is 0.379 e. The molecule has 0 aliphatic heterocycles. The first-order valence-electron chi connectivity index (χ1n) is 6.79. The molecule has 1 heterocycles. The van der Waals surface area contributed by atoms with Crippen molar-refractivity contribution in [3.63, 3.8) is 0 Å². The van der Waals surface area contributed by atoms with Gasteiger partial charge < -0.3 is 14.4 Å². The molecule has 0 amide bonds. The van der Waals surface area contributed by atoms with Crippen molar-refractivity contribution >= 4 is 19.2 Å². The van der Waals surface area contributed by atoms with Gasteiger partial charge in [0.15, 0.2) is 12.7 Å². The molecule has 9 heteroatoms. The molecule has 0 saturated carbocycles. The summed E-state index contributed by atoms with van der Waals surface area (Å²) in [6.07, 6.45) is 1.48. The SMILES string of the molecule is CCOC[C@@H](COP(=O)(O)OCC[n+]1ccsc1)OCC. The highest BCUT2D eigenvalue weighted by molar-refractivity contribution is 7.47. The number of ether oxygens (including phenoxy) is 2. The number of aromatic nitrogens is 1. The molecule has 1 aromatic rings. The van der Waals surface area contributed by atoms with E-state index in [-0.39, 0.29) is 19.3 Å². The minimum absolute atomic E-state index is 0.0484. The highest BCUT2D eigenvalue weighted by Crippen LogP contribution is 2.43. The molecule has 0 fully saturated rings. The van der Waals surface area contributed by atoms with Crippen LogP contribution in [0.4, 0.5) is 0 Å². The first-order valence-corrected chi connectivity index (χ1v) is 9.23. The number of phosphoric acid groups is 1. The van der Waals surface area contributed by atoms with Crippen LogP contribution in [0.2, 0.25) is 0 Å². The lowest BCUT2D eigenvalue weighted by atomic mass is 10.4. The van der Waals surface area contributed by atoms with Crippen molar-refractivity contribution in [2.75, 3.05) is 33.0 Å². The van der Waals surface area contributed by atoms with Gasteiger partial charge in [0, 0.05) is 13.2 Å². The maximum atomic E-state index is 11.7. The fraction of sp³-hybridized carbons (Fsp3) is 0.750. The Labute approximate surface area is 129 Å². The van der Waals surface area contributed by atoms with E-state index in [9.17, 15) is 9.46 Å². The van der Waals surface area contributed by atoms with Gasteiger partial charge in [0.1, 0.15) is 12.7 Å². The Kier molecular flexibility index (Phi) is 9.26. The Morgan fingerprint density at radius 1 is 1.29 bits per heavy atom. The second kappa shape index (κ2) is 10.4. The zero-order chi connectivity index (χ0) is 15.6. The molecule has 1 N–H and O–H groups in total. The van der Waals surface area contributed by atoms with Gasteiger partial charge in [0.05, 0.1) is 18.6 Å². The molecule has 0 bridgehead atoms. The molecule has 0 aromatic carbocycles. The Morgan fingerprint density at radius 3 is 2.71 bits per heavy atom. The minimum Gasteiger partial charge on any atom is -0.379 e. The van der Waals surface area contributed by atoms with Crippen molar-refractivity contribution in [1.29, 1.82) is 0 Å². The van der Waals surface area contributed by atoms with Crippen molar-refractivity contribution in [3.05, 3.63) is 17.1 Å². The summed E-state index contributed by atoms with van der Waals surface area (Å²) < 4.78 is 34.0. The molecule has 0 aliphatic rings. The second-order valence-corrected chi connectivity index (χ2v) is 6.31. The minimum atomic E-state index is -4.07. The van der Waals surface area contributed by atoms with E-state index in [0.717, 1.165) is 0 Å². The number of hydrogen-bond donors (Lipinski definition) is 1. The molecule has 0 aliphatic carbocycles. The fourth-order valence-electron chi connectivity index (χ4n) is 1.49. The van der Waals surface area contributed by atoms with Crippen LogP contribution in [0.3, 0.4) is 0 Å². The predicted octanol–water partition coefficient (Wildman–Crippen LogP) is 1.61. The maximum Gasteiger partial charge on any atom is 0.472 e. The average Bonchev–Trinajstić information content (AvgIpc) is 2.95. The molecular formula is C12H23NO6PS+. The second-order valence-electron chi connectivity index (χ2n) is 4.10. The van der Waals surface area contributed by atoms with Crippen LogP contribution >= 0.6 is 19.2 Å². The zero-order valence-corrected chi connectivity index (χ0v) is 14.1. The summed E-state index contributed by atoms with van der Waals surface area (Å²) >= 11 is 1.54. The van der Waals surface area contributed by atoms with Gasteiger partial charge in [-0.15, -0.1) is 0 Å². The van der Waals surface area contributed by atoms with E-state index >= 15 is 0 Å². The molecular weight excluding hydrogens is 317 g/mol. The molecule has 7 nitrogen and oxygen atoms in total. The Bertz CT molecular complexity index is 416. The standard InChI is InChI=1S/C12H22NO6PS/c1-3-16-9-12(17-4-2)10-19-20(14,15)18-7-5-13-6-8-21-11-13/h6,8,11-12H,3-5,7,9-10H2,1-2H3/p+1/t12-/m0/s1. The largest absolute Gasteiger partial charge is 0.472 e. The van der Waals surface area contributed by atoms with Crippen molar-refractivity contribution in [3.8, 4) is 0 Å². The summed E-state index contributed by atoms with van der Waals surface area (Å²) in [5.74, 6) is 0. The normalized spacial score (nSPS) is 15.8. The Hall–Kier alpha value is -0.340. The lowest BCUT2D eigenvalue weighted by Crippen LogP contribution is -2.32. The first-order chi connectivity index (χ1) is 10.1. The summed E-state index contributed by atoms with van der Waals surface area (Å²) in [5, 5.41) is 1.91. The molecule has 1 unspecified atom stereocenters. The van der Waals surface area contributed by atoms with Crippen molar-refractivity contribution in [1.82, 2.24) is 0 Å². The van der Waals surface area contributed by atoms with Crippen LogP contribution in [-0.2, 0) is 29.6 Å². The fourth-order valence-corrected chi connectivity index (χ4v) is 2.86. The molecule has 0 spiro atoms. The average molecular weight is 340 g/mol. The van der Waals surface area contributed by atoms with Crippen LogP contribution < -0.4 is 4.57 Å². The summed E-state index contributed by atoms with van der Waals surface area (Å²) in [7, 11) is -4.07. The molecule has 21 heavy (non-hydrogen) atoms. The molecule has 1 rings (SSSR count). The summed E-state index contributed by atoms with van der Waals surface area (Å²) in [6, 6.07) is 0. The molecule has 122 valence electrons. The van der Waals surface area contributed by atoms with Gasteiger partial charge in [-0.25, -0.2) is 4.57 Å². The summed E-state index contributed by atoms with van der Waals surface area (Å²) in [5.41, 5.74) is 1.89. The van der Waals surface area contributed by atoms with E-state index in [2.05, 4.69) is 0 Å². The van der Waals surface area contributed by atoms with E-state index in [1.54, 1.807) is 0 Å². The van der Waals surface area contributed by atoms with Gasteiger partial charge in [-0.2, -0.15) is 4.57 Å². The number of nitrogens with zero attached hydrogens (tertiary/aromatic N) is 1. The lowest BCUT2D eigenvalue weighted by Gasteiger charge is -2.18. The van der Waals surface area contributed by atoms with Crippen molar-refractivity contribution < 1.29 is 32.5 Å². The van der Waals surface area contributed by atoms with E-state index in [4.69, 9.17) is 18.5 Å². The lowest BCUT2D eigenvalue weighted by molar-refractivity contribution is -0.693. The van der Waals surface area contributed by atoms with Gasteiger partial charge in [0.2, 0.25) is 5.51 Å².